The van der Waals surface area contributed by atoms with Gasteiger partial charge in [0.1, 0.15) is 0 Å². The molecule has 0 aliphatic carbocycles. The van der Waals surface area contributed by atoms with E-state index in [2.05, 4.69) is 16.3 Å². The lowest BCUT2D eigenvalue weighted by atomic mass is 10.3. The first-order valence-corrected chi connectivity index (χ1v) is 8.24. The van der Waals surface area contributed by atoms with Crippen LogP contribution in [0.1, 0.15) is 6.42 Å². The van der Waals surface area contributed by atoms with Gasteiger partial charge in [0, 0.05) is 12.2 Å². The van der Waals surface area contributed by atoms with Gasteiger partial charge < -0.3 is 5.32 Å². The Bertz CT molecular complexity index is 429. The normalized spacial score (nSPS) is 11.4. The first kappa shape index (κ1) is 14.3. The zero-order valence-corrected chi connectivity index (χ0v) is 11.7. The van der Waals surface area contributed by atoms with Crippen molar-refractivity contribution >= 4 is 27.5 Å². The smallest absolute Gasteiger partial charge is 0.240 e. The van der Waals surface area contributed by atoms with Crippen LogP contribution in [0.2, 0.25) is 0 Å². The molecule has 96 valence electrons. The minimum Gasteiger partial charge on any atom is -0.385 e. The van der Waals surface area contributed by atoms with Crippen molar-refractivity contribution in [2.75, 3.05) is 30.9 Å². The molecule has 0 atom stereocenters. The number of hydrogen-bond acceptors (Lipinski definition) is 4. The third kappa shape index (κ3) is 4.57. The average Bonchev–Trinajstić information content (AvgIpc) is 2.35. The van der Waals surface area contributed by atoms with Crippen LogP contribution >= 0.6 is 11.8 Å². The summed E-state index contributed by atoms with van der Waals surface area (Å²) in [6, 6.07) is 6.76. The molecule has 0 aliphatic rings. The Labute approximate surface area is 107 Å². The zero-order chi connectivity index (χ0) is 12.7. The Morgan fingerprint density at radius 3 is 2.41 bits per heavy atom. The summed E-state index contributed by atoms with van der Waals surface area (Å²) in [5.41, 5.74) is 0.946. The van der Waals surface area contributed by atoms with E-state index in [4.69, 9.17) is 0 Å². The predicted molar refractivity (Wildman–Crippen MR) is 74.2 cm³/mol. The number of thioether (sulfide) groups is 1. The number of anilines is 1. The molecule has 4 nitrogen and oxygen atoms in total. The fourth-order valence-corrected chi connectivity index (χ4v) is 2.48. The fourth-order valence-electron chi connectivity index (χ4n) is 1.32. The molecule has 17 heavy (non-hydrogen) atoms. The van der Waals surface area contributed by atoms with Crippen LogP contribution in [0.4, 0.5) is 5.69 Å². The predicted octanol–water partition coefficient (Wildman–Crippen LogP) is 1.76. The highest BCUT2D eigenvalue weighted by molar-refractivity contribution is 7.98. The second-order valence-corrected chi connectivity index (χ2v) is 6.38. The van der Waals surface area contributed by atoms with Gasteiger partial charge in [-0.15, -0.1) is 0 Å². The lowest BCUT2D eigenvalue weighted by Gasteiger charge is -2.07. The van der Waals surface area contributed by atoms with Gasteiger partial charge in [0.25, 0.3) is 0 Å². The molecule has 6 heteroatoms. The van der Waals surface area contributed by atoms with Crippen LogP contribution in [0, 0.1) is 0 Å². The largest absolute Gasteiger partial charge is 0.385 e. The Hall–Kier alpha value is -0.720. The van der Waals surface area contributed by atoms with Crippen molar-refractivity contribution in [3.05, 3.63) is 24.3 Å². The standard InChI is InChI=1S/C11H18N2O2S2/c1-12-17(14,15)11-6-4-10(5-7-11)13-8-3-9-16-2/h4-7,12-13H,3,8-9H2,1-2H3. The molecular weight excluding hydrogens is 256 g/mol. The molecule has 1 rings (SSSR count). The molecule has 0 fully saturated rings. The number of hydrogen-bond donors (Lipinski definition) is 2. The van der Waals surface area contributed by atoms with Crippen LogP contribution in [0.3, 0.4) is 0 Å². The van der Waals surface area contributed by atoms with Crippen LogP contribution in [0.5, 0.6) is 0 Å². The molecule has 0 aromatic heterocycles. The third-order valence-corrected chi connectivity index (χ3v) is 4.41. The van der Waals surface area contributed by atoms with Crippen LogP contribution in [0.15, 0.2) is 29.2 Å². The number of sulfonamides is 1. The second kappa shape index (κ2) is 6.88. The minimum absolute atomic E-state index is 0.287. The summed E-state index contributed by atoms with van der Waals surface area (Å²) >= 11 is 1.82. The zero-order valence-electron chi connectivity index (χ0n) is 10.1. The van der Waals surface area contributed by atoms with Crippen molar-refractivity contribution in [2.45, 2.75) is 11.3 Å². The van der Waals surface area contributed by atoms with Crippen LogP contribution in [0.25, 0.3) is 0 Å². The number of benzene rings is 1. The quantitative estimate of drug-likeness (QED) is 0.744. The van der Waals surface area contributed by atoms with E-state index < -0.39 is 10.0 Å². The van der Waals surface area contributed by atoms with E-state index in [1.54, 1.807) is 24.3 Å². The van der Waals surface area contributed by atoms with Gasteiger partial charge in [-0.1, -0.05) is 0 Å². The highest BCUT2D eigenvalue weighted by atomic mass is 32.2. The van der Waals surface area contributed by atoms with Gasteiger partial charge in [-0.05, 0) is 49.7 Å². The number of rotatable bonds is 7. The van der Waals surface area contributed by atoms with E-state index in [9.17, 15) is 8.42 Å². The van der Waals surface area contributed by atoms with Gasteiger partial charge in [-0.2, -0.15) is 11.8 Å². The summed E-state index contributed by atoms with van der Waals surface area (Å²) in [4.78, 5) is 0.287. The maximum absolute atomic E-state index is 11.5. The molecule has 0 unspecified atom stereocenters. The molecule has 0 spiro atoms. The Balaban J connectivity index is 2.57. The average molecular weight is 274 g/mol. The van der Waals surface area contributed by atoms with E-state index in [0.29, 0.717) is 0 Å². The first-order valence-electron chi connectivity index (χ1n) is 5.36. The van der Waals surface area contributed by atoms with Crippen molar-refractivity contribution in [1.82, 2.24) is 4.72 Å². The van der Waals surface area contributed by atoms with Crippen molar-refractivity contribution in [3.63, 3.8) is 0 Å². The van der Waals surface area contributed by atoms with Gasteiger partial charge in [0.15, 0.2) is 0 Å². The van der Waals surface area contributed by atoms with Crippen molar-refractivity contribution < 1.29 is 8.42 Å². The molecular formula is C11H18N2O2S2. The van der Waals surface area contributed by atoms with Crippen LogP contribution < -0.4 is 10.0 Å². The van der Waals surface area contributed by atoms with E-state index in [0.717, 1.165) is 24.4 Å². The second-order valence-electron chi connectivity index (χ2n) is 3.51. The molecule has 0 bridgehead atoms. The van der Waals surface area contributed by atoms with Crippen molar-refractivity contribution in [2.24, 2.45) is 0 Å². The molecule has 2 N–H and O–H groups in total. The van der Waals surface area contributed by atoms with Gasteiger partial charge in [-0.25, -0.2) is 13.1 Å². The summed E-state index contributed by atoms with van der Waals surface area (Å²) < 4.78 is 25.2. The number of nitrogens with one attached hydrogen (secondary N) is 2. The van der Waals surface area contributed by atoms with Gasteiger partial charge in [0.2, 0.25) is 10.0 Å². The fraction of sp³-hybridized carbons (Fsp3) is 0.455. The molecule has 1 aromatic rings. The van der Waals surface area contributed by atoms with Crippen molar-refractivity contribution in [3.8, 4) is 0 Å². The van der Waals surface area contributed by atoms with Gasteiger partial charge in [-0.3, -0.25) is 0 Å². The topological polar surface area (TPSA) is 58.2 Å². The first-order chi connectivity index (χ1) is 8.10. The lowest BCUT2D eigenvalue weighted by Crippen LogP contribution is -2.18. The summed E-state index contributed by atoms with van der Waals surface area (Å²) in [5, 5.41) is 3.25. The molecule has 0 amide bonds. The Morgan fingerprint density at radius 2 is 1.88 bits per heavy atom. The Kier molecular flexibility index (Phi) is 5.80. The molecule has 0 aliphatic heterocycles. The summed E-state index contributed by atoms with van der Waals surface area (Å²) in [6.07, 6.45) is 3.18. The van der Waals surface area contributed by atoms with E-state index in [1.165, 1.54) is 7.05 Å². The maximum atomic E-state index is 11.5. The highest BCUT2D eigenvalue weighted by Crippen LogP contribution is 2.13. The van der Waals surface area contributed by atoms with E-state index >= 15 is 0 Å². The summed E-state index contributed by atoms with van der Waals surface area (Å²) in [6.45, 7) is 0.902. The summed E-state index contributed by atoms with van der Waals surface area (Å²) in [5.74, 6) is 1.12. The SMILES string of the molecule is CNS(=O)(=O)c1ccc(NCCCSC)cc1. The third-order valence-electron chi connectivity index (χ3n) is 2.29. The van der Waals surface area contributed by atoms with Crippen LogP contribution in [-0.2, 0) is 10.0 Å². The van der Waals surface area contributed by atoms with Crippen LogP contribution in [-0.4, -0.2) is 34.0 Å². The van der Waals surface area contributed by atoms with E-state index in [1.807, 2.05) is 11.8 Å². The monoisotopic (exact) mass is 274 g/mol. The lowest BCUT2D eigenvalue weighted by molar-refractivity contribution is 0.588. The highest BCUT2D eigenvalue weighted by Gasteiger charge is 2.09. The van der Waals surface area contributed by atoms with Gasteiger partial charge >= 0.3 is 0 Å². The van der Waals surface area contributed by atoms with Crippen molar-refractivity contribution in [1.29, 1.82) is 0 Å². The van der Waals surface area contributed by atoms with Gasteiger partial charge in [0.05, 0.1) is 4.90 Å². The maximum Gasteiger partial charge on any atom is 0.240 e. The minimum atomic E-state index is -3.33. The van der Waals surface area contributed by atoms with E-state index in [-0.39, 0.29) is 4.90 Å². The molecule has 0 radical (unpaired) electrons. The molecule has 0 saturated carbocycles. The molecule has 0 heterocycles. The summed E-state index contributed by atoms with van der Waals surface area (Å²) in [7, 11) is -1.92. The Morgan fingerprint density at radius 1 is 1.24 bits per heavy atom. The molecule has 0 saturated heterocycles. The molecule has 1 aromatic carbocycles.